The second kappa shape index (κ2) is 6.98. The van der Waals surface area contributed by atoms with E-state index in [4.69, 9.17) is 0 Å². The normalized spacial score (nSPS) is 9.91. The van der Waals surface area contributed by atoms with Crippen LogP contribution in [0.2, 0.25) is 0 Å². The molecule has 0 aliphatic heterocycles. The van der Waals surface area contributed by atoms with Crippen molar-refractivity contribution in [2.45, 2.75) is 6.54 Å². The molecule has 23 heavy (non-hydrogen) atoms. The van der Waals surface area contributed by atoms with Gasteiger partial charge in [-0.05, 0) is 11.6 Å². The van der Waals surface area contributed by atoms with E-state index in [-0.39, 0.29) is 12.2 Å². The van der Waals surface area contributed by atoms with E-state index < -0.39 is 27.3 Å². The molecule has 0 spiro atoms. The Morgan fingerprint density at radius 1 is 1.00 bits per heavy atom. The number of rotatable bonds is 5. The number of nitro groups is 2. The zero-order valence-electron chi connectivity index (χ0n) is 11.8. The van der Waals surface area contributed by atoms with Crippen molar-refractivity contribution in [3.05, 3.63) is 74.3 Å². The van der Waals surface area contributed by atoms with Crippen LogP contribution in [0, 0.1) is 20.2 Å². The highest BCUT2D eigenvalue weighted by molar-refractivity contribution is 5.92. The smallest absolute Gasteiger partial charge is 0.319 e. The van der Waals surface area contributed by atoms with Gasteiger partial charge in [0.15, 0.2) is 0 Å². The second-order valence-electron chi connectivity index (χ2n) is 4.51. The molecular formula is C14H12N4O5. The van der Waals surface area contributed by atoms with Crippen molar-refractivity contribution in [2.75, 3.05) is 5.32 Å². The lowest BCUT2D eigenvalue weighted by Gasteiger charge is -2.08. The topological polar surface area (TPSA) is 127 Å². The van der Waals surface area contributed by atoms with E-state index in [2.05, 4.69) is 10.6 Å². The summed E-state index contributed by atoms with van der Waals surface area (Å²) in [7, 11) is 0. The Morgan fingerprint density at radius 2 is 1.70 bits per heavy atom. The van der Waals surface area contributed by atoms with Crippen LogP contribution in [-0.2, 0) is 6.54 Å². The highest BCUT2D eigenvalue weighted by Gasteiger charge is 2.20. The van der Waals surface area contributed by atoms with Crippen LogP contribution >= 0.6 is 0 Å². The quantitative estimate of drug-likeness (QED) is 0.647. The Labute approximate surface area is 130 Å². The first kappa shape index (κ1) is 15.9. The second-order valence-corrected chi connectivity index (χ2v) is 4.51. The lowest BCUT2D eigenvalue weighted by Crippen LogP contribution is -2.28. The van der Waals surface area contributed by atoms with Crippen molar-refractivity contribution < 1.29 is 14.6 Å². The van der Waals surface area contributed by atoms with E-state index in [0.717, 1.165) is 23.8 Å². The first-order chi connectivity index (χ1) is 11.0. The number of nitro benzene ring substituents is 2. The highest BCUT2D eigenvalue weighted by Crippen LogP contribution is 2.28. The molecule has 118 valence electrons. The molecule has 9 nitrogen and oxygen atoms in total. The maximum atomic E-state index is 11.8. The fourth-order valence-electron chi connectivity index (χ4n) is 1.84. The summed E-state index contributed by atoms with van der Waals surface area (Å²) < 4.78 is 0. The van der Waals surface area contributed by atoms with Crippen LogP contribution in [0.1, 0.15) is 5.56 Å². The van der Waals surface area contributed by atoms with Gasteiger partial charge in [0, 0.05) is 12.6 Å². The summed E-state index contributed by atoms with van der Waals surface area (Å²) in [5.41, 5.74) is -0.229. The molecule has 2 aromatic rings. The summed E-state index contributed by atoms with van der Waals surface area (Å²) in [6.07, 6.45) is 0. The summed E-state index contributed by atoms with van der Waals surface area (Å²) in [5, 5.41) is 26.5. The lowest BCUT2D eigenvalue weighted by molar-refractivity contribution is -0.393. The molecule has 2 rings (SSSR count). The van der Waals surface area contributed by atoms with Crippen LogP contribution in [0.25, 0.3) is 0 Å². The molecule has 0 saturated heterocycles. The van der Waals surface area contributed by atoms with Gasteiger partial charge in [0.05, 0.1) is 15.9 Å². The fraction of sp³-hybridized carbons (Fsp3) is 0.0714. The molecule has 2 N–H and O–H groups in total. The Balaban J connectivity index is 2.08. The van der Waals surface area contributed by atoms with Gasteiger partial charge in [-0.25, -0.2) is 4.79 Å². The number of urea groups is 1. The number of benzene rings is 2. The number of nitrogens with one attached hydrogen (secondary N) is 2. The summed E-state index contributed by atoms with van der Waals surface area (Å²) in [4.78, 5) is 31.9. The molecule has 0 unspecified atom stereocenters. The zero-order chi connectivity index (χ0) is 16.8. The van der Waals surface area contributed by atoms with Gasteiger partial charge in [0.25, 0.3) is 11.4 Å². The summed E-state index contributed by atoms with van der Waals surface area (Å²) in [6.45, 7) is 0.244. The fourth-order valence-corrected chi connectivity index (χ4v) is 1.84. The maximum absolute atomic E-state index is 11.8. The van der Waals surface area contributed by atoms with Crippen LogP contribution in [0.5, 0.6) is 0 Å². The molecule has 0 bridgehead atoms. The molecule has 0 radical (unpaired) electrons. The van der Waals surface area contributed by atoms with Crippen LogP contribution in [0.4, 0.5) is 21.9 Å². The number of carbonyl (C=O) groups excluding carboxylic acids is 1. The third-order valence-corrected chi connectivity index (χ3v) is 2.93. The minimum absolute atomic E-state index is 0.119. The highest BCUT2D eigenvalue weighted by atomic mass is 16.6. The Bertz CT molecular complexity index is 748. The monoisotopic (exact) mass is 316 g/mol. The third-order valence-electron chi connectivity index (χ3n) is 2.93. The van der Waals surface area contributed by atoms with E-state index in [0.29, 0.717) is 0 Å². The number of hydrogen-bond donors (Lipinski definition) is 2. The van der Waals surface area contributed by atoms with Crippen LogP contribution in [0.15, 0.2) is 48.5 Å². The average molecular weight is 316 g/mol. The van der Waals surface area contributed by atoms with Gasteiger partial charge >= 0.3 is 6.03 Å². The number of nitrogens with zero attached hydrogens (tertiary/aromatic N) is 2. The van der Waals surface area contributed by atoms with Crippen molar-refractivity contribution in [2.24, 2.45) is 0 Å². The van der Waals surface area contributed by atoms with E-state index >= 15 is 0 Å². The summed E-state index contributed by atoms with van der Waals surface area (Å²) >= 11 is 0. The van der Waals surface area contributed by atoms with E-state index in [1.165, 1.54) is 0 Å². The van der Waals surface area contributed by atoms with Gasteiger partial charge < -0.3 is 10.6 Å². The maximum Gasteiger partial charge on any atom is 0.319 e. The number of anilines is 1. The van der Waals surface area contributed by atoms with Crippen LogP contribution < -0.4 is 10.6 Å². The number of carbonyl (C=O) groups is 1. The standard InChI is InChI=1S/C14H12N4O5/c19-14(15-9-10-4-2-1-3-5-10)16-12-7-6-11(17(20)21)8-13(12)18(22)23/h1-8H,9H2,(H2,15,16,19). The van der Waals surface area contributed by atoms with Gasteiger partial charge in [0.2, 0.25) is 0 Å². The molecule has 2 amide bonds. The molecule has 0 fully saturated rings. The minimum atomic E-state index is -0.792. The van der Waals surface area contributed by atoms with Gasteiger partial charge in [-0.15, -0.1) is 0 Å². The first-order valence-corrected chi connectivity index (χ1v) is 6.49. The number of amides is 2. The Hall–Kier alpha value is -3.49. The van der Waals surface area contributed by atoms with E-state index in [1.54, 1.807) is 0 Å². The summed E-state index contributed by atoms with van der Waals surface area (Å²) in [5.74, 6) is 0. The van der Waals surface area contributed by atoms with Crippen molar-refractivity contribution in [1.82, 2.24) is 5.32 Å². The van der Waals surface area contributed by atoms with Gasteiger partial charge in [-0.1, -0.05) is 30.3 Å². The van der Waals surface area contributed by atoms with Gasteiger partial charge in [0.1, 0.15) is 5.69 Å². The molecule has 0 aliphatic carbocycles. The lowest BCUT2D eigenvalue weighted by atomic mass is 10.2. The zero-order valence-corrected chi connectivity index (χ0v) is 11.8. The van der Waals surface area contributed by atoms with Crippen molar-refractivity contribution >= 4 is 23.1 Å². The van der Waals surface area contributed by atoms with Gasteiger partial charge in [-0.3, -0.25) is 20.2 Å². The number of non-ortho nitro benzene ring substituents is 1. The molecule has 2 aromatic carbocycles. The average Bonchev–Trinajstić information content (AvgIpc) is 2.54. The van der Waals surface area contributed by atoms with E-state index in [9.17, 15) is 25.0 Å². The predicted molar refractivity (Wildman–Crippen MR) is 82.1 cm³/mol. The minimum Gasteiger partial charge on any atom is -0.334 e. The van der Waals surface area contributed by atoms with Crippen LogP contribution in [0.3, 0.4) is 0 Å². The Kier molecular flexibility index (Phi) is 4.82. The molecule has 0 aliphatic rings. The third kappa shape index (κ3) is 4.24. The van der Waals surface area contributed by atoms with Crippen molar-refractivity contribution in [1.29, 1.82) is 0 Å². The van der Waals surface area contributed by atoms with E-state index in [1.807, 2.05) is 30.3 Å². The molecule has 9 heteroatoms. The predicted octanol–water partition coefficient (Wildman–Crippen LogP) is 2.82. The van der Waals surface area contributed by atoms with Crippen LogP contribution in [-0.4, -0.2) is 15.9 Å². The Morgan fingerprint density at radius 3 is 2.30 bits per heavy atom. The summed E-state index contributed by atoms with van der Waals surface area (Å²) in [6, 6.07) is 11.5. The molecule has 0 atom stereocenters. The first-order valence-electron chi connectivity index (χ1n) is 6.49. The van der Waals surface area contributed by atoms with Crippen molar-refractivity contribution in [3.8, 4) is 0 Å². The largest absolute Gasteiger partial charge is 0.334 e. The molecule has 0 saturated carbocycles. The molecule has 0 aromatic heterocycles. The SMILES string of the molecule is O=C(NCc1ccccc1)Nc1ccc([N+](=O)[O-])cc1[N+](=O)[O-]. The molecular weight excluding hydrogens is 304 g/mol. The van der Waals surface area contributed by atoms with Crippen molar-refractivity contribution in [3.63, 3.8) is 0 Å². The molecule has 0 heterocycles. The number of hydrogen-bond acceptors (Lipinski definition) is 5. The van der Waals surface area contributed by atoms with Gasteiger partial charge in [-0.2, -0.15) is 0 Å².